The molecule has 1 aliphatic rings. The quantitative estimate of drug-likeness (QED) is 0.768. The first kappa shape index (κ1) is 10.6. The van der Waals surface area contributed by atoms with Crippen LogP contribution in [0.15, 0.2) is 18.5 Å². The van der Waals surface area contributed by atoms with Crippen LogP contribution in [-0.2, 0) is 11.3 Å². The highest BCUT2D eigenvalue weighted by Crippen LogP contribution is 2.21. The fraction of sp³-hybridized carbons (Fsp3) is 0.455. The first-order valence-corrected chi connectivity index (χ1v) is 5.92. The summed E-state index contributed by atoms with van der Waals surface area (Å²) in [4.78, 5) is 17.6. The predicted octanol–water partition coefficient (Wildman–Crippen LogP) is 1.89. The fourth-order valence-corrected chi connectivity index (χ4v) is 2.22. The molecular weight excluding hydrogens is 256 g/mol. The minimum Gasteiger partial charge on any atom is -0.337 e. The van der Waals surface area contributed by atoms with Crippen molar-refractivity contribution in [2.24, 2.45) is 0 Å². The van der Waals surface area contributed by atoms with E-state index in [2.05, 4.69) is 20.9 Å². The van der Waals surface area contributed by atoms with Crippen LogP contribution in [0.3, 0.4) is 0 Å². The highest BCUT2D eigenvalue weighted by atomic mass is 79.9. The molecule has 4 heteroatoms. The van der Waals surface area contributed by atoms with Crippen LogP contribution in [0.2, 0.25) is 0 Å². The summed E-state index contributed by atoms with van der Waals surface area (Å²) >= 11 is 3.37. The van der Waals surface area contributed by atoms with Gasteiger partial charge in [0.25, 0.3) is 0 Å². The van der Waals surface area contributed by atoms with Crippen LogP contribution >= 0.6 is 15.9 Å². The zero-order valence-electron chi connectivity index (χ0n) is 8.61. The van der Waals surface area contributed by atoms with E-state index in [0.717, 1.165) is 18.5 Å². The van der Waals surface area contributed by atoms with E-state index in [9.17, 15) is 4.79 Å². The van der Waals surface area contributed by atoms with Gasteiger partial charge in [0, 0.05) is 25.5 Å². The van der Waals surface area contributed by atoms with Gasteiger partial charge < -0.3 is 4.90 Å². The van der Waals surface area contributed by atoms with Crippen molar-refractivity contribution < 1.29 is 4.79 Å². The highest BCUT2D eigenvalue weighted by Gasteiger charge is 2.29. The molecule has 0 radical (unpaired) electrons. The SMILES string of the molecule is Cc1ccncc1CN1CCC(Br)C1=O. The van der Waals surface area contributed by atoms with Crippen molar-refractivity contribution in [3.8, 4) is 0 Å². The second-order valence-electron chi connectivity index (χ2n) is 3.82. The van der Waals surface area contributed by atoms with E-state index in [0.29, 0.717) is 6.54 Å². The Bertz CT molecular complexity index is 381. The van der Waals surface area contributed by atoms with Crippen LogP contribution in [0.4, 0.5) is 0 Å². The number of rotatable bonds is 2. The molecule has 0 bridgehead atoms. The van der Waals surface area contributed by atoms with Crippen molar-refractivity contribution in [2.45, 2.75) is 24.7 Å². The lowest BCUT2D eigenvalue weighted by molar-refractivity contribution is -0.127. The smallest absolute Gasteiger partial charge is 0.236 e. The number of aryl methyl sites for hydroxylation is 1. The first-order valence-electron chi connectivity index (χ1n) is 5.01. The van der Waals surface area contributed by atoms with E-state index in [1.165, 1.54) is 5.56 Å². The average molecular weight is 269 g/mol. The van der Waals surface area contributed by atoms with E-state index in [-0.39, 0.29) is 10.7 Å². The number of alkyl halides is 1. The number of hydrogen-bond acceptors (Lipinski definition) is 2. The van der Waals surface area contributed by atoms with Crippen LogP contribution < -0.4 is 0 Å². The van der Waals surface area contributed by atoms with Gasteiger partial charge in [-0.25, -0.2) is 0 Å². The number of carbonyl (C=O) groups excluding carboxylic acids is 1. The van der Waals surface area contributed by atoms with Crippen LogP contribution in [0, 0.1) is 6.92 Å². The third kappa shape index (κ3) is 2.20. The Morgan fingerprint density at radius 3 is 3.07 bits per heavy atom. The van der Waals surface area contributed by atoms with E-state index < -0.39 is 0 Å². The molecule has 0 spiro atoms. The van der Waals surface area contributed by atoms with Crippen molar-refractivity contribution in [3.05, 3.63) is 29.6 Å². The minimum absolute atomic E-state index is 0.00878. The second kappa shape index (κ2) is 4.31. The summed E-state index contributed by atoms with van der Waals surface area (Å²) in [6, 6.07) is 1.97. The number of likely N-dealkylation sites (tertiary alicyclic amines) is 1. The molecule has 15 heavy (non-hydrogen) atoms. The molecule has 0 aromatic carbocycles. The fourth-order valence-electron chi connectivity index (χ4n) is 1.73. The first-order chi connectivity index (χ1) is 7.18. The Balaban J connectivity index is 2.10. The number of aromatic nitrogens is 1. The lowest BCUT2D eigenvalue weighted by Crippen LogP contribution is -2.27. The molecule has 3 nitrogen and oxygen atoms in total. The zero-order valence-corrected chi connectivity index (χ0v) is 10.2. The van der Waals surface area contributed by atoms with Gasteiger partial charge in [0.05, 0.1) is 4.83 Å². The number of hydrogen-bond donors (Lipinski definition) is 0. The van der Waals surface area contributed by atoms with Crippen LogP contribution in [-0.4, -0.2) is 27.2 Å². The van der Waals surface area contributed by atoms with Gasteiger partial charge in [0.1, 0.15) is 0 Å². The molecule has 0 aliphatic carbocycles. The largest absolute Gasteiger partial charge is 0.337 e. The molecule has 80 valence electrons. The summed E-state index contributed by atoms with van der Waals surface area (Å²) in [6.45, 7) is 3.56. The topological polar surface area (TPSA) is 33.2 Å². The van der Waals surface area contributed by atoms with E-state index >= 15 is 0 Å². The maximum absolute atomic E-state index is 11.7. The maximum atomic E-state index is 11.7. The molecular formula is C11H13BrN2O. The summed E-state index contributed by atoms with van der Waals surface area (Å²) in [7, 11) is 0. The standard InChI is InChI=1S/C11H13BrN2O/c1-8-2-4-13-6-9(8)7-14-5-3-10(12)11(14)15/h2,4,6,10H,3,5,7H2,1H3. The molecule has 1 aromatic rings. The summed E-state index contributed by atoms with van der Waals surface area (Å²) in [6.07, 6.45) is 4.51. The molecule has 1 amide bonds. The molecule has 1 saturated heterocycles. The predicted molar refractivity (Wildman–Crippen MR) is 61.7 cm³/mol. The maximum Gasteiger partial charge on any atom is 0.236 e. The molecule has 1 aliphatic heterocycles. The zero-order chi connectivity index (χ0) is 10.8. The minimum atomic E-state index is 0.00878. The monoisotopic (exact) mass is 268 g/mol. The number of amides is 1. The lowest BCUT2D eigenvalue weighted by atomic mass is 10.1. The third-order valence-electron chi connectivity index (χ3n) is 2.74. The van der Waals surface area contributed by atoms with Gasteiger partial charge in [0.2, 0.25) is 5.91 Å². The van der Waals surface area contributed by atoms with Gasteiger partial charge in [-0.2, -0.15) is 0 Å². The highest BCUT2D eigenvalue weighted by molar-refractivity contribution is 9.10. The van der Waals surface area contributed by atoms with Crippen molar-refractivity contribution in [1.82, 2.24) is 9.88 Å². The molecule has 1 aromatic heterocycles. The summed E-state index contributed by atoms with van der Waals surface area (Å²) in [5.74, 6) is 0.193. The van der Waals surface area contributed by atoms with Crippen molar-refractivity contribution >= 4 is 21.8 Å². The average Bonchev–Trinajstić information content (AvgIpc) is 2.53. The molecule has 1 unspecified atom stereocenters. The lowest BCUT2D eigenvalue weighted by Gasteiger charge is -2.16. The van der Waals surface area contributed by atoms with Gasteiger partial charge in [0.15, 0.2) is 0 Å². The van der Waals surface area contributed by atoms with Crippen molar-refractivity contribution in [1.29, 1.82) is 0 Å². The Hall–Kier alpha value is -0.900. The van der Waals surface area contributed by atoms with Gasteiger partial charge in [-0.15, -0.1) is 0 Å². The van der Waals surface area contributed by atoms with Crippen molar-refractivity contribution in [2.75, 3.05) is 6.54 Å². The summed E-state index contributed by atoms with van der Waals surface area (Å²) in [5, 5.41) is 0. The van der Waals surface area contributed by atoms with E-state index in [1.807, 2.05) is 24.1 Å². The van der Waals surface area contributed by atoms with E-state index in [4.69, 9.17) is 0 Å². The summed E-state index contributed by atoms with van der Waals surface area (Å²) < 4.78 is 0. The van der Waals surface area contributed by atoms with Crippen LogP contribution in [0.5, 0.6) is 0 Å². The van der Waals surface area contributed by atoms with Gasteiger partial charge in [-0.05, 0) is 30.5 Å². The molecule has 1 fully saturated rings. The van der Waals surface area contributed by atoms with Crippen LogP contribution in [0.25, 0.3) is 0 Å². The third-order valence-corrected chi connectivity index (χ3v) is 3.59. The molecule has 0 saturated carbocycles. The Morgan fingerprint density at radius 2 is 2.47 bits per heavy atom. The Labute approximate surface area is 97.6 Å². The Morgan fingerprint density at radius 1 is 1.67 bits per heavy atom. The van der Waals surface area contributed by atoms with E-state index in [1.54, 1.807) is 6.20 Å². The molecule has 2 heterocycles. The van der Waals surface area contributed by atoms with Gasteiger partial charge in [-0.3, -0.25) is 9.78 Å². The number of pyridine rings is 1. The molecule has 0 N–H and O–H groups in total. The normalized spacial score (nSPS) is 21.1. The number of nitrogens with zero attached hydrogens (tertiary/aromatic N) is 2. The van der Waals surface area contributed by atoms with Gasteiger partial charge in [-0.1, -0.05) is 15.9 Å². The number of carbonyl (C=O) groups is 1. The second-order valence-corrected chi connectivity index (χ2v) is 4.92. The summed E-state index contributed by atoms with van der Waals surface area (Å²) in [5.41, 5.74) is 2.32. The van der Waals surface area contributed by atoms with Crippen molar-refractivity contribution in [3.63, 3.8) is 0 Å². The molecule has 2 rings (SSSR count). The molecule has 1 atom stereocenters. The van der Waals surface area contributed by atoms with Crippen LogP contribution in [0.1, 0.15) is 17.5 Å². The number of halogens is 1. The van der Waals surface area contributed by atoms with Gasteiger partial charge >= 0.3 is 0 Å². The Kier molecular flexibility index (Phi) is 3.05.